The van der Waals surface area contributed by atoms with Gasteiger partial charge in [-0.05, 0) is 37.1 Å². The molecule has 1 heterocycles. The first-order valence-corrected chi connectivity index (χ1v) is 8.94. The molecule has 0 aromatic heterocycles. The molecule has 2 amide bonds. The molecule has 0 radical (unpaired) electrons. The maximum atomic E-state index is 12.4. The Balaban J connectivity index is 1.55. The van der Waals surface area contributed by atoms with Crippen LogP contribution in [0.2, 0.25) is 0 Å². The number of piperidine rings is 1. The normalized spacial score (nSPS) is 16.6. The number of benzene rings is 2. The Morgan fingerprint density at radius 1 is 1.00 bits per heavy atom. The Morgan fingerprint density at radius 3 is 2.33 bits per heavy atom. The SMILES string of the molecule is NC(=O)[C@@H]1CCCN(C(=O)COc2ccc(C(=O)c3ccccc3)cc2)C1. The molecule has 0 spiro atoms. The van der Waals surface area contributed by atoms with Crippen molar-refractivity contribution in [3.05, 3.63) is 65.7 Å². The quantitative estimate of drug-likeness (QED) is 0.792. The Labute approximate surface area is 157 Å². The second-order valence-electron chi connectivity index (χ2n) is 6.59. The van der Waals surface area contributed by atoms with Crippen LogP contribution >= 0.6 is 0 Å². The Bertz CT molecular complexity index is 818. The summed E-state index contributed by atoms with van der Waals surface area (Å²) in [7, 11) is 0. The van der Waals surface area contributed by atoms with Crippen molar-refractivity contribution in [3.63, 3.8) is 0 Å². The molecule has 1 fully saturated rings. The first-order valence-electron chi connectivity index (χ1n) is 8.94. The van der Waals surface area contributed by atoms with Crippen LogP contribution in [0.5, 0.6) is 5.75 Å². The van der Waals surface area contributed by atoms with Crippen molar-refractivity contribution in [2.24, 2.45) is 11.7 Å². The number of ether oxygens (including phenoxy) is 1. The van der Waals surface area contributed by atoms with Gasteiger partial charge in [0.25, 0.3) is 5.91 Å². The van der Waals surface area contributed by atoms with Crippen molar-refractivity contribution in [1.29, 1.82) is 0 Å². The minimum Gasteiger partial charge on any atom is -0.484 e. The fraction of sp³-hybridized carbons (Fsp3) is 0.286. The molecule has 2 N–H and O–H groups in total. The number of likely N-dealkylation sites (tertiary alicyclic amines) is 1. The third-order valence-corrected chi connectivity index (χ3v) is 4.69. The van der Waals surface area contributed by atoms with Gasteiger partial charge in [-0.2, -0.15) is 0 Å². The van der Waals surface area contributed by atoms with Crippen LogP contribution in [0.4, 0.5) is 0 Å². The summed E-state index contributed by atoms with van der Waals surface area (Å²) in [5.41, 5.74) is 6.52. The summed E-state index contributed by atoms with van der Waals surface area (Å²) in [4.78, 5) is 37.6. The molecule has 2 aromatic carbocycles. The number of ketones is 1. The van der Waals surface area contributed by atoms with Crippen molar-refractivity contribution >= 4 is 17.6 Å². The van der Waals surface area contributed by atoms with E-state index in [-0.39, 0.29) is 30.1 Å². The number of nitrogens with two attached hydrogens (primary N) is 1. The second kappa shape index (κ2) is 8.49. The highest BCUT2D eigenvalue weighted by Crippen LogP contribution is 2.18. The van der Waals surface area contributed by atoms with Gasteiger partial charge in [-0.1, -0.05) is 30.3 Å². The first-order chi connectivity index (χ1) is 13.0. The lowest BCUT2D eigenvalue weighted by atomic mass is 9.97. The minimum absolute atomic E-state index is 0.0657. The highest BCUT2D eigenvalue weighted by molar-refractivity contribution is 6.08. The van der Waals surface area contributed by atoms with E-state index in [2.05, 4.69) is 0 Å². The zero-order chi connectivity index (χ0) is 19.2. The predicted molar refractivity (Wildman–Crippen MR) is 100 cm³/mol. The summed E-state index contributed by atoms with van der Waals surface area (Å²) in [5, 5.41) is 0. The third kappa shape index (κ3) is 4.73. The molecular weight excluding hydrogens is 344 g/mol. The van der Waals surface area contributed by atoms with Crippen LogP contribution in [0, 0.1) is 5.92 Å². The molecule has 0 unspecified atom stereocenters. The number of carbonyl (C=O) groups is 3. The lowest BCUT2D eigenvalue weighted by Crippen LogP contribution is -2.45. The number of hydrogen-bond donors (Lipinski definition) is 1. The molecule has 1 saturated heterocycles. The molecule has 1 aliphatic heterocycles. The smallest absolute Gasteiger partial charge is 0.260 e. The van der Waals surface area contributed by atoms with Gasteiger partial charge < -0.3 is 15.4 Å². The van der Waals surface area contributed by atoms with E-state index in [1.807, 2.05) is 18.2 Å². The fourth-order valence-corrected chi connectivity index (χ4v) is 3.13. The second-order valence-corrected chi connectivity index (χ2v) is 6.59. The number of nitrogens with zero attached hydrogens (tertiary/aromatic N) is 1. The molecule has 3 rings (SSSR count). The predicted octanol–water partition coefficient (Wildman–Crippen LogP) is 2.02. The van der Waals surface area contributed by atoms with Crippen molar-refractivity contribution in [2.75, 3.05) is 19.7 Å². The summed E-state index contributed by atoms with van der Waals surface area (Å²) in [5.74, 6) is -0.385. The van der Waals surface area contributed by atoms with E-state index in [4.69, 9.17) is 10.5 Å². The van der Waals surface area contributed by atoms with Crippen LogP contribution < -0.4 is 10.5 Å². The van der Waals surface area contributed by atoms with Crippen molar-refractivity contribution in [2.45, 2.75) is 12.8 Å². The van der Waals surface area contributed by atoms with Crippen LogP contribution in [0.15, 0.2) is 54.6 Å². The monoisotopic (exact) mass is 366 g/mol. The van der Waals surface area contributed by atoms with Gasteiger partial charge in [0.05, 0.1) is 5.92 Å². The first kappa shape index (κ1) is 18.6. The Hall–Kier alpha value is -3.15. The average Bonchev–Trinajstić information content (AvgIpc) is 2.72. The largest absolute Gasteiger partial charge is 0.484 e. The van der Waals surface area contributed by atoms with E-state index in [1.54, 1.807) is 41.3 Å². The molecule has 140 valence electrons. The van der Waals surface area contributed by atoms with E-state index in [0.717, 1.165) is 12.8 Å². The maximum Gasteiger partial charge on any atom is 0.260 e. The minimum atomic E-state index is -0.368. The molecule has 27 heavy (non-hydrogen) atoms. The van der Waals surface area contributed by atoms with Gasteiger partial charge in [0.1, 0.15) is 5.75 Å². The van der Waals surface area contributed by atoms with Gasteiger partial charge >= 0.3 is 0 Å². The van der Waals surface area contributed by atoms with E-state index in [9.17, 15) is 14.4 Å². The van der Waals surface area contributed by atoms with Crippen molar-refractivity contribution in [3.8, 4) is 5.75 Å². The van der Waals surface area contributed by atoms with Gasteiger partial charge in [0, 0.05) is 24.2 Å². The molecule has 0 bridgehead atoms. The van der Waals surface area contributed by atoms with Gasteiger partial charge in [-0.25, -0.2) is 0 Å². The summed E-state index contributed by atoms with van der Waals surface area (Å²) >= 11 is 0. The van der Waals surface area contributed by atoms with Crippen LogP contribution in [-0.4, -0.2) is 42.2 Å². The zero-order valence-corrected chi connectivity index (χ0v) is 15.0. The standard InChI is InChI=1S/C21H22N2O4/c22-21(26)17-7-4-12-23(13-17)19(24)14-27-18-10-8-16(9-11-18)20(25)15-5-2-1-3-6-15/h1-3,5-6,8-11,17H,4,7,12-14H2,(H2,22,26)/t17-/m1/s1. The number of primary amides is 1. The van der Waals surface area contributed by atoms with Gasteiger partial charge in [0.15, 0.2) is 12.4 Å². The third-order valence-electron chi connectivity index (χ3n) is 4.69. The number of carbonyl (C=O) groups excluding carboxylic acids is 3. The highest BCUT2D eigenvalue weighted by Gasteiger charge is 2.27. The van der Waals surface area contributed by atoms with Crippen molar-refractivity contribution < 1.29 is 19.1 Å². The number of rotatable bonds is 6. The van der Waals surface area contributed by atoms with Crippen LogP contribution in [-0.2, 0) is 9.59 Å². The zero-order valence-electron chi connectivity index (χ0n) is 15.0. The molecule has 1 aliphatic rings. The van der Waals surface area contributed by atoms with E-state index >= 15 is 0 Å². The summed E-state index contributed by atoms with van der Waals surface area (Å²) in [6.45, 7) is 0.843. The van der Waals surface area contributed by atoms with Gasteiger partial charge in [-0.3, -0.25) is 14.4 Å². The van der Waals surface area contributed by atoms with E-state index in [1.165, 1.54) is 0 Å². The molecule has 1 atom stereocenters. The summed E-state index contributed by atoms with van der Waals surface area (Å²) < 4.78 is 5.54. The summed E-state index contributed by atoms with van der Waals surface area (Å²) in [6, 6.07) is 15.7. The maximum absolute atomic E-state index is 12.4. The molecule has 6 heteroatoms. The Kier molecular flexibility index (Phi) is 5.86. The van der Waals surface area contributed by atoms with Crippen LogP contribution in [0.25, 0.3) is 0 Å². The lowest BCUT2D eigenvalue weighted by Gasteiger charge is -2.31. The average molecular weight is 366 g/mol. The molecular formula is C21H22N2O4. The van der Waals surface area contributed by atoms with Crippen LogP contribution in [0.1, 0.15) is 28.8 Å². The van der Waals surface area contributed by atoms with E-state index < -0.39 is 0 Å². The van der Waals surface area contributed by atoms with E-state index in [0.29, 0.717) is 30.0 Å². The molecule has 2 aromatic rings. The highest BCUT2D eigenvalue weighted by atomic mass is 16.5. The molecule has 6 nitrogen and oxygen atoms in total. The summed E-state index contributed by atoms with van der Waals surface area (Å²) in [6.07, 6.45) is 1.48. The molecule has 0 saturated carbocycles. The number of amides is 2. The van der Waals surface area contributed by atoms with Crippen LogP contribution in [0.3, 0.4) is 0 Å². The van der Waals surface area contributed by atoms with Crippen molar-refractivity contribution in [1.82, 2.24) is 4.90 Å². The Morgan fingerprint density at radius 2 is 1.67 bits per heavy atom. The fourth-order valence-electron chi connectivity index (χ4n) is 3.13. The van der Waals surface area contributed by atoms with Gasteiger partial charge in [-0.15, -0.1) is 0 Å². The molecule has 0 aliphatic carbocycles. The lowest BCUT2D eigenvalue weighted by molar-refractivity contribution is -0.136. The van der Waals surface area contributed by atoms with Gasteiger partial charge in [0.2, 0.25) is 5.91 Å². The topological polar surface area (TPSA) is 89.7 Å². The number of hydrogen-bond acceptors (Lipinski definition) is 4.